The van der Waals surface area contributed by atoms with Crippen LogP contribution in [0.4, 0.5) is 0 Å². The van der Waals surface area contributed by atoms with Crippen LogP contribution in [0, 0.1) is 3.95 Å². The standard InChI is InChI=1S/C15H16N2S6/c1-3-16-12(18)10(22-14(16)20)8-6-5-7-9-11-13(19)17(4-2)15(21)23-11/h5-9,18H,3-4H2,1-2H3/b7-5+,8-6+,11-9-. The molecule has 122 valence electrons. The van der Waals surface area contributed by atoms with E-state index < -0.39 is 0 Å². The van der Waals surface area contributed by atoms with Crippen molar-refractivity contribution in [3.8, 4) is 0 Å². The highest BCUT2D eigenvalue weighted by atomic mass is 32.2. The second kappa shape index (κ2) is 8.73. The first-order chi connectivity index (χ1) is 11.0. The zero-order chi connectivity index (χ0) is 17.0. The normalized spacial score (nSPS) is 17.5. The average molecular weight is 417 g/mol. The van der Waals surface area contributed by atoms with Crippen molar-refractivity contribution in [3.05, 3.63) is 38.0 Å². The molecule has 1 saturated heterocycles. The summed E-state index contributed by atoms with van der Waals surface area (Å²) in [5, 5.41) is 0.918. The van der Waals surface area contributed by atoms with Gasteiger partial charge in [0.05, 0.1) is 9.90 Å². The van der Waals surface area contributed by atoms with Gasteiger partial charge in [0.15, 0.2) is 3.95 Å². The third kappa shape index (κ3) is 4.43. The third-order valence-corrected chi connectivity index (χ3v) is 7.15. The van der Waals surface area contributed by atoms with Crippen molar-refractivity contribution >= 4 is 87.8 Å². The minimum Gasteiger partial charge on any atom is -0.318 e. The van der Waals surface area contributed by atoms with Gasteiger partial charge in [-0.3, -0.25) is 0 Å². The number of thiocarbonyl (C=S) groups is 2. The molecule has 2 nitrogen and oxygen atoms in total. The molecule has 0 saturated carbocycles. The lowest BCUT2D eigenvalue weighted by molar-refractivity contribution is 0.685. The van der Waals surface area contributed by atoms with E-state index >= 15 is 0 Å². The molecule has 0 aromatic carbocycles. The number of allylic oxidation sites excluding steroid dienone is 4. The fourth-order valence-corrected chi connectivity index (χ4v) is 5.76. The van der Waals surface area contributed by atoms with E-state index in [1.165, 1.54) is 0 Å². The molecule has 1 aliphatic heterocycles. The van der Waals surface area contributed by atoms with E-state index in [2.05, 4.69) is 19.6 Å². The van der Waals surface area contributed by atoms with Gasteiger partial charge in [0.25, 0.3) is 0 Å². The molecule has 0 N–H and O–H groups in total. The lowest BCUT2D eigenvalue weighted by atomic mass is 10.3. The lowest BCUT2D eigenvalue weighted by Crippen LogP contribution is -2.25. The maximum atomic E-state index is 5.41. The highest BCUT2D eigenvalue weighted by molar-refractivity contribution is 8.27. The second-order valence-electron chi connectivity index (χ2n) is 4.49. The van der Waals surface area contributed by atoms with Crippen LogP contribution in [0.1, 0.15) is 18.7 Å². The Morgan fingerprint density at radius 3 is 2.39 bits per heavy atom. The van der Waals surface area contributed by atoms with E-state index in [9.17, 15) is 0 Å². The molecule has 1 aromatic rings. The lowest BCUT2D eigenvalue weighted by Gasteiger charge is -2.12. The SMILES string of the molecule is CCN1C(=S)S\C(=C/C=C/C=C/c2sc(=S)n(CC)c2S)C1=S. The number of hydrogen-bond acceptors (Lipinski definition) is 6. The van der Waals surface area contributed by atoms with Crippen LogP contribution in [0.25, 0.3) is 6.08 Å². The van der Waals surface area contributed by atoms with Crippen LogP contribution in [-0.4, -0.2) is 25.3 Å². The first-order valence-corrected chi connectivity index (χ1v) is 10.3. The van der Waals surface area contributed by atoms with Gasteiger partial charge in [-0.25, -0.2) is 0 Å². The highest BCUT2D eigenvalue weighted by Gasteiger charge is 2.26. The van der Waals surface area contributed by atoms with E-state index in [1.807, 2.05) is 46.8 Å². The molecule has 2 heterocycles. The molecule has 0 bridgehead atoms. The summed E-state index contributed by atoms with van der Waals surface area (Å²) in [4.78, 5) is 4.88. The van der Waals surface area contributed by atoms with Gasteiger partial charge >= 0.3 is 0 Å². The summed E-state index contributed by atoms with van der Waals surface area (Å²) in [6.07, 6.45) is 9.95. The van der Waals surface area contributed by atoms with Gasteiger partial charge in [-0.05, 0) is 38.2 Å². The maximum Gasteiger partial charge on any atom is 0.162 e. The summed E-state index contributed by atoms with van der Waals surface area (Å²) >= 11 is 23.7. The molecule has 0 amide bonds. The van der Waals surface area contributed by atoms with Crippen LogP contribution in [0.5, 0.6) is 0 Å². The Morgan fingerprint density at radius 2 is 1.83 bits per heavy atom. The molecule has 1 aliphatic rings. The maximum absolute atomic E-state index is 5.41. The predicted molar refractivity (Wildman–Crippen MR) is 117 cm³/mol. The van der Waals surface area contributed by atoms with E-state index in [4.69, 9.17) is 36.7 Å². The molecule has 0 atom stereocenters. The topological polar surface area (TPSA) is 8.17 Å². The van der Waals surface area contributed by atoms with Crippen molar-refractivity contribution in [2.24, 2.45) is 0 Å². The molecule has 8 heteroatoms. The molecule has 0 radical (unpaired) electrons. The van der Waals surface area contributed by atoms with Crippen molar-refractivity contribution in [1.29, 1.82) is 0 Å². The summed E-state index contributed by atoms with van der Waals surface area (Å²) in [5.41, 5.74) is 0. The number of likely N-dealkylation sites (N-methyl/N-ethyl adjacent to an activating group) is 1. The summed E-state index contributed by atoms with van der Waals surface area (Å²) < 4.78 is 3.69. The molecule has 23 heavy (non-hydrogen) atoms. The fourth-order valence-electron chi connectivity index (χ4n) is 1.94. The molecular weight excluding hydrogens is 401 g/mol. The molecular formula is C15H16N2S6. The van der Waals surface area contributed by atoms with E-state index in [1.54, 1.807) is 23.1 Å². The number of hydrogen-bond donors (Lipinski definition) is 1. The first-order valence-electron chi connectivity index (χ1n) is 7.00. The average Bonchev–Trinajstić information content (AvgIpc) is 2.94. The van der Waals surface area contributed by atoms with Crippen molar-refractivity contribution in [2.75, 3.05) is 6.54 Å². The van der Waals surface area contributed by atoms with Crippen LogP contribution >= 0.6 is 72.4 Å². The summed E-state index contributed by atoms with van der Waals surface area (Å²) in [7, 11) is 0. The molecule has 0 spiro atoms. The third-order valence-electron chi connectivity index (χ3n) is 3.12. The van der Waals surface area contributed by atoms with Gasteiger partial charge in [-0.15, -0.1) is 24.0 Å². The van der Waals surface area contributed by atoms with Gasteiger partial charge in [0.2, 0.25) is 0 Å². The Balaban J connectivity index is 2.05. The number of thioether (sulfide) groups is 1. The molecule has 0 aliphatic carbocycles. The van der Waals surface area contributed by atoms with Gasteiger partial charge < -0.3 is 9.47 Å². The number of aromatic nitrogens is 1. The zero-order valence-electron chi connectivity index (χ0n) is 12.7. The molecule has 2 rings (SSSR count). The molecule has 1 fully saturated rings. The summed E-state index contributed by atoms with van der Waals surface area (Å²) in [6, 6.07) is 0. The Hall–Kier alpha value is -0.250. The van der Waals surface area contributed by atoms with Crippen LogP contribution in [0.2, 0.25) is 0 Å². The largest absolute Gasteiger partial charge is 0.318 e. The predicted octanol–water partition coefficient (Wildman–Crippen LogP) is 5.72. The van der Waals surface area contributed by atoms with Crippen molar-refractivity contribution in [2.45, 2.75) is 25.4 Å². The Kier molecular flexibility index (Phi) is 7.24. The fraction of sp³-hybridized carbons (Fsp3) is 0.267. The Bertz CT molecular complexity index is 765. The van der Waals surface area contributed by atoms with Crippen LogP contribution in [-0.2, 0) is 6.54 Å². The molecule has 0 unspecified atom stereocenters. The minimum absolute atomic E-state index is 0.812. The number of thiol groups is 1. The zero-order valence-corrected chi connectivity index (χ0v) is 17.7. The summed E-state index contributed by atoms with van der Waals surface area (Å²) in [5.74, 6) is 0. The number of thiazole rings is 1. The van der Waals surface area contributed by atoms with Gasteiger partial charge in [0, 0.05) is 18.0 Å². The Labute approximate surface area is 166 Å². The highest BCUT2D eigenvalue weighted by Crippen LogP contribution is 2.31. The monoisotopic (exact) mass is 416 g/mol. The smallest absolute Gasteiger partial charge is 0.162 e. The van der Waals surface area contributed by atoms with Crippen molar-refractivity contribution in [3.63, 3.8) is 0 Å². The molecule has 1 aromatic heterocycles. The van der Waals surface area contributed by atoms with E-state index in [0.29, 0.717) is 0 Å². The van der Waals surface area contributed by atoms with Gasteiger partial charge in [-0.1, -0.05) is 54.4 Å². The van der Waals surface area contributed by atoms with Crippen molar-refractivity contribution in [1.82, 2.24) is 9.47 Å². The quantitative estimate of drug-likeness (QED) is 0.283. The van der Waals surface area contributed by atoms with Crippen LogP contribution < -0.4 is 0 Å². The van der Waals surface area contributed by atoms with E-state index in [-0.39, 0.29) is 0 Å². The number of nitrogens with zero attached hydrogens (tertiary/aromatic N) is 2. The van der Waals surface area contributed by atoms with E-state index in [0.717, 1.165) is 41.2 Å². The van der Waals surface area contributed by atoms with Gasteiger partial charge in [0.1, 0.15) is 9.31 Å². The number of rotatable bonds is 5. The summed E-state index contributed by atoms with van der Waals surface area (Å²) in [6.45, 7) is 5.77. The van der Waals surface area contributed by atoms with Gasteiger partial charge in [-0.2, -0.15) is 0 Å². The minimum atomic E-state index is 0.812. The first kappa shape index (κ1) is 19.1. The second-order valence-corrected chi connectivity index (χ2v) is 8.65. The van der Waals surface area contributed by atoms with Crippen LogP contribution in [0.15, 0.2) is 34.2 Å². The van der Waals surface area contributed by atoms with Crippen LogP contribution in [0.3, 0.4) is 0 Å². The Morgan fingerprint density at radius 1 is 1.09 bits per heavy atom. The van der Waals surface area contributed by atoms with Crippen molar-refractivity contribution < 1.29 is 0 Å².